The van der Waals surface area contributed by atoms with Crippen LogP contribution in [-0.2, 0) is 6.54 Å². The largest absolute Gasteiger partial charge is 0.394 e. The van der Waals surface area contributed by atoms with Gasteiger partial charge >= 0.3 is 0 Å². The van der Waals surface area contributed by atoms with Crippen LogP contribution in [0, 0.1) is 5.92 Å². The van der Waals surface area contributed by atoms with Crippen molar-refractivity contribution in [1.29, 1.82) is 0 Å². The molecule has 1 aliphatic carbocycles. The number of benzene rings is 1. The molecule has 0 aliphatic heterocycles. The molecule has 1 aliphatic rings. The van der Waals surface area contributed by atoms with Gasteiger partial charge in [-0.25, -0.2) is 4.68 Å². The Morgan fingerprint density at radius 1 is 1.37 bits per heavy atom. The van der Waals surface area contributed by atoms with Gasteiger partial charge in [0.15, 0.2) is 0 Å². The monoisotopic (exact) mass is 253 g/mol. The Labute approximate surface area is 112 Å². The lowest BCUT2D eigenvalue weighted by Crippen LogP contribution is -2.26. The van der Waals surface area contributed by atoms with E-state index in [-0.39, 0.29) is 11.2 Å². The number of nitrogen functional groups attached to an aromatic ring is 1. The molecule has 1 fully saturated rings. The highest BCUT2D eigenvalue weighted by molar-refractivity contribution is 6.32. The number of hydrogen-bond acceptors (Lipinski definition) is 3. The second kappa shape index (κ2) is 4.57. The SMILES string of the molecule is Bc1cccc(-c2cc(N)c(=O)n(CC3CC3)n2)c1. The molecule has 96 valence electrons. The summed E-state index contributed by atoms with van der Waals surface area (Å²) in [6.07, 6.45) is 2.37. The van der Waals surface area contributed by atoms with Crippen LogP contribution in [0.4, 0.5) is 5.69 Å². The van der Waals surface area contributed by atoms with Gasteiger partial charge in [-0.2, -0.15) is 5.10 Å². The van der Waals surface area contributed by atoms with Crippen LogP contribution in [0.5, 0.6) is 0 Å². The van der Waals surface area contributed by atoms with Gasteiger partial charge in [0.05, 0.1) is 5.69 Å². The highest BCUT2D eigenvalue weighted by atomic mass is 16.1. The van der Waals surface area contributed by atoms with Gasteiger partial charge in [0.2, 0.25) is 0 Å². The maximum atomic E-state index is 12.0. The first-order valence-corrected chi connectivity index (χ1v) is 6.58. The first-order chi connectivity index (χ1) is 9.13. The molecule has 1 aromatic carbocycles. The number of hydrogen-bond donors (Lipinski definition) is 1. The smallest absolute Gasteiger partial charge is 0.289 e. The first-order valence-electron chi connectivity index (χ1n) is 6.58. The van der Waals surface area contributed by atoms with Crippen molar-refractivity contribution >= 4 is 19.0 Å². The maximum absolute atomic E-state index is 12.0. The average Bonchev–Trinajstić information content (AvgIpc) is 3.18. The molecule has 0 bridgehead atoms. The molecule has 2 N–H and O–H groups in total. The Bertz CT molecular complexity index is 677. The van der Waals surface area contributed by atoms with Crippen LogP contribution in [0.3, 0.4) is 0 Å². The summed E-state index contributed by atoms with van der Waals surface area (Å²) in [6.45, 7) is 0.683. The lowest BCUT2D eigenvalue weighted by Gasteiger charge is -2.09. The summed E-state index contributed by atoms with van der Waals surface area (Å²) >= 11 is 0. The van der Waals surface area contributed by atoms with Gasteiger partial charge in [-0.1, -0.05) is 29.7 Å². The van der Waals surface area contributed by atoms with Crippen molar-refractivity contribution in [2.45, 2.75) is 19.4 Å². The molecule has 0 spiro atoms. The Morgan fingerprint density at radius 2 is 2.16 bits per heavy atom. The highest BCUT2D eigenvalue weighted by Gasteiger charge is 2.23. The number of rotatable bonds is 3. The lowest BCUT2D eigenvalue weighted by atomic mass is 9.94. The van der Waals surface area contributed by atoms with Gasteiger partial charge in [0, 0.05) is 12.1 Å². The number of nitrogens with two attached hydrogens (primary N) is 1. The molecule has 0 radical (unpaired) electrons. The summed E-state index contributed by atoms with van der Waals surface area (Å²) in [6, 6.07) is 9.72. The molecule has 4 nitrogen and oxygen atoms in total. The minimum absolute atomic E-state index is 0.177. The summed E-state index contributed by atoms with van der Waals surface area (Å²) in [7, 11) is 2.03. The number of aromatic nitrogens is 2. The van der Waals surface area contributed by atoms with E-state index in [1.54, 1.807) is 6.07 Å². The van der Waals surface area contributed by atoms with Gasteiger partial charge in [0.1, 0.15) is 13.5 Å². The molecular weight excluding hydrogens is 237 g/mol. The summed E-state index contributed by atoms with van der Waals surface area (Å²) in [5.41, 5.74) is 8.84. The average molecular weight is 253 g/mol. The molecular formula is C14H16BN3O. The second-order valence-electron chi connectivity index (χ2n) is 5.29. The minimum atomic E-state index is -0.177. The van der Waals surface area contributed by atoms with E-state index in [2.05, 4.69) is 5.10 Å². The van der Waals surface area contributed by atoms with Crippen LogP contribution in [-0.4, -0.2) is 17.6 Å². The number of anilines is 1. The van der Waals surface area contributed by atoms with Gasteiger partial charge in [-0.15, -0.1) is 0 Å². The molecule has 1 heterocycles. The Hall–Kier alpha value is -2.04. The molecule has 2 aromatic rings. The van der Waals surface area contributed by atoms with Crippen molar-refractivity contribution in [3.8, 4) is 11.3 Å². The molecule has 0 unspecified atom stereocenters. The van der Waals surface area contributed by atoms with Crippen molar-refractivity contribution in [3.63, 3.8) is 0 Å². The summed E-state index contributed by atoms with van der Waals surface area (Å²) in [4.78, 5) is 12.0. The van der Waals surface area contributed by atoms with E-state index >= 15 is 0 Å². The van der Waals surface area contributed by atoms with Crippen molar-refractivity contribution in [2.24, 2.45) is 5.92 Å². The predicted octanol–water partition coefficient (Wildman–Crippen LogP) is 0.161. The zero-order chi connectivity index (χ0) is 13.4. The minimum Gasteiger partial charge on any atom is -0.394 e. The summed E-state index contributed by atoms with van der Waals surface area (Å²) < 4.78 is 1.52. The van der Waals surface area contributed by atoms with Crippen LogP contribution >= 0.6 is 0 Å². The Kier molecular flexibility index (Phi) is 2.89. The van der Waals surface area contributed by atoms with E-state index in [0.29, 0.717) is 12.5 Å². The highest BCUT2D eigenvalue weighted by Crippen LogP contribution is 2.30. The molecule has 0 amide bonds. The second-order valence-corrected chi connectivity index (χ2v) is 5.29. The third-order valence-corrected chi connectivity index (χ3v) is 3.44. The van der Waals surface area contributed by atoms with Gasteiger partial charge in [-0.3, -0.25) is 4.79 Å². The van der Waals surface area contributed by atoms with E-state index in [4.69, 9.17) is 5.73 Å². The third-order valence-electron chi connectivity index (χ3n) is 3.44. The van der Waals surface area contributed by atoms with Crippen LogP contribution in [0.15, 0.2) is 35.1 Å². The fraction of sp³-hybridized carbons (Fsp3) is 0.286. The first kappa shape index (κ1) is 12.0. The maximum Gasteiger partial charge on any atom is 0.289 e. The molecule has 5 heteroatoms. The standard InChI is InChI=1S/C14H16BN3O/c15-11-3-1-2-10(6-11)13-7-12(16)14(19)18(17-13)8-9-4-5-9/h1-3,6-7,9H,4-5,8,15-16H2. The van der Waals surface area contributed by atoms with E-state index in [9.17, 15) is 4.79 Å². The van der Waals surface area contributed by atoms with Crippen molar-refractivity contribution in [3.05, 3.63) is 40.7 Å². The Balaban J connectivity index is 2.06. The molecule has 0 saturated heterocycles. The Morgan fingerprint density at radius 3 is 2.84 bits per heavy atom. The zero-order valence-corrected chi connectivity index (χ0v) is 11.0. The van der Waals surface area contributed by atoms with Gasteiger partial charge in [-0.05, 0) is 24.8 Å². The number of nitrogens with zero attached hydrogens (tertiary/aromatic N) is 2. The molecule has 0 atom stereocenters. The third kappa shape index (κ3) is 2.55. The predicted molar refractivity (Wildman–Crippen MR) is 79.2 cm³/mol. The van der Waals surface area contributed by atoms with E-state index in [1.165, 1.54) is 17.5 Å². The molecule has 19 heavy (non-hydrogen) atoms. The summed E-state index contributed by atoms with van der Waals surface area (Å²) in [5.74, 6) is 0.595. The lowest BCUT2D eigenvalue weighted by molar-refractivity contribution is 0.537. The van der Waals surface area contributed by atoms with Crippen molar-refractivity contribution < 1.29 is 0 Å². The van der Waals surface area contributed by atoms with Crippen LogP contribution < -0.4 is 16.8 Å². The fourth-order valence-corrected chi connectivity index (χ4v) is 2.18. The van der Waals surface area contributed by atoms with Crippen molar-refractivity contribution in [2.75, 3.05) is 5.73 Å². The molecule has 3 rings (SSSR count). The molecule has 1 aromatic heterocycles. The summed E-state index contributed by atoms with van der Waals surface area (Å²) in [5, 5.41) is 4.45. The quantitative estimate of drug-likeness (QED) is 0.793. The normalized spacial score (nSPS) is 14.5. The fourth-order valence-electron chi connectivity index (χ4n) is 2.18. The van der Waals surface area contributed by atoms with Crippen LogP contribution in [0.25, 0.3) is 11.3 Å². The van der Waals surface area contributed by atoms with Gasteiger partial charge in [0.25, 0.3) is 5.56 Å². The molecule has 1 saturated carbocycles. The van der Waals surface area contributed by atoms with Crippen molar-refractivity contribution in [1.82, 2.24) is 9.78 Å². The van der Waals surface area contributed by atoms with Crippen LogP contribution in [0.1, 0.15) is 12.8 Å². The topological polar surface area (TPSA) is 60.9 Å². The van der Waals surface area contributed by atoms with E-state index in [1.807, 2.05) is 32.1 Å². The van der Waals surface area contributed by atoms with E-state index in [0.717, 1.165) is 16.7 Å². The van der Waals surface area contributed by atoms with Gasteiger partial charge < -0.3 is 5.73 Å². The van der Waals surface area contributed by atoms with E-state index < -0.39 is 0 Å². The zero-order valence-electron chi connectivity index (χ0n) is 11.0. The van der Waals surface area contributed by atoms with Crippen LogP contribution in [0.2, 0.25) is 0 Å².